The summed E-state index contributed by atoms with van der Waals surface area (Å²) in [6.07, 6.45) is 3.98. The summed E-state index contributed by atoms with van der Waals surface area (Å²) in [6, 6.07) is 6.82. The van der Waals surface area contributed by atoms with E-state index in [2.05, 4.69) is 15.2 Å². The lowest BCUT2D eigenvalue weighted by Crippen LogP contribution is -2.46. The van der Waals surface area contributed by atoms with E-state index in [-0.39, 0.29) is 43.7 Å². The number of nitrogens with one attached hydrogen (secondary N) is 1. The average molecular weight is 718 g/mol. The van der Waals surface area contributed by atoms with Crippen LogP contribution in [0.1, 0.15) is 41.7 Å². The van der Waals surface area contributed by atoms with E-state index < -0.39 is 16.1 Å². The van der Waals surface area contributed by atoms with E-state index in [1.165, 1.54) is 54.1 Å². The standard InChI is InChI=1S/C33H44ClN7O7S/c1-38(2)49(44,45)41-14-7-6-12-40(33(43)26-11-10-24(34)18-35-26)21-29(42)36-17-22-9-8-13-39(19-22)32-23(20-41)15-25-27(37-32)16-28(46-3)31(48-5)30(25)47-4/h10-11,15-16,18,22H,6-9,12-14,17,19-21H2,1-5H3,(H,36,42). The maximum Gasteiger partial charge on any atom is 0.281 e. The summed E-state index contributed by atoms with van der Waals surface area (Å²) in [5, 5.41) is 4.09. The van der Waals surface area contributed by atoms with Gasteiger partial charge in [0, 0.05) is 76.6 Å². The molecule has 0 radical (unpaired) electrons. The molecule has 1 fully saturated rings. The van der Waals surface area contributed by atoms with E-state index in [9.17, 15) is 18.0 Å². The number of carbonyl (C=O) groups is 2. The Bertz CT molecular complexity index is 1780. The molecule has 1 atom stereocenters. The smallest absolute Gasteiger partial charge is 0.281 e. The highest BCUT2D eigenvalue weighted by atomic mass is 35.5. The second-order valence-electron chi connectivity index (χ2n) is 12.4. The van der Waals surface area contributed by atoms with Crippen LogP contribution in [-0.2, 0) is 21.5 Å². The summed E-state index contributed by atoms with van der Waals surface area (Å²) in [4.78, 5) is 39.5. The number of ether oxygens (including phenoxy) is 3. The molecule has 2 aliphatic rings. The average Bonchev–Trinajstić information content (AvgIpc) is 3.09. The first-order valence-electron chi connectivity index (χ1n) is 16.2. The quantitative estimate of drug-likeness (QED) is 0.404. The summed E-state index contributed by atoms with van der Waals surface area (Å²) in [6.45, 7) is 2.00. The highest BCUT2D eigenvalue weighted by molar-refractivity contribution is 7.86. The summed E-state index contributed by atoms with van der Waals surface area (Å²) in [5.41, 5.74) is 1.48. The van der Waals surface area contributed by atoms with Gasteiger partial charge in [-0.25, -0.2) is 9.97 Å². The van der Waals surface area contributed by atoms with Crippen molar-refractivity contribution in [2.45, 2.75) is 32.2 Å². The third-order valence-electron chi connectivity index (χ3n) is 8.87. The molecule has 1 N–H and O–H groups in total. The molecule has 2 amide bonds. The maximum absolute atomic E-state index is 13.8. The molecule has 2 bridgehead atoms. The SMILES string of the molecule is COc1cc2nc3c(cc2c(OC)c1OC)CN(S(=O)(=O)N(C)C)CCCCN(C(=O)c1ccc(Cl)cn1)CC(=O)NCC1CCCN3C1. The normalized spacial score (nSPS) is 18.6. The largest absolute Gasteiger partial charge is 0.493 e. The summed E-state index contributed by atoms with van der Waals surface area (Å²) >= 11 is 5.98. The number of carbonyl (C=O) groups excluding carboxylic acids is 2. The number of nitrogens with zero attached hydrogens (tertiary/aromatic N) is 6. The van der Waals surface area contributed by atoms with Gasteiger partial charge in [-0.15, -0.1) is 0 Å². The first-order valence-corrected chi connectivity index (χ1v) is 18.0. The molecule has 0 saturated carbocycles. The number of fused-ring (bicyclic) bond motifs is 5. The van der Waals surface area contributed by atoms with Gasteiger partial charge in [-0.1, -0.05) is 11.6 Å². The van der Waals surface area contributed by atoms with Gasteiger partial charge in [-0.3, -0.25) is 9.59 Å². The van der Waals surface area contributed by atoms with Crippen LogP contribution in [-0.4, -0.2) is 118 Å². The van der Waals surface area contributed by atoms with Crippen molar-refractivity contribution in [3.8, 4) is 17.2 Å². The Labute approximate surface area is 292 Å². The number of benzene rings is 1. The lowest BCUT2D eigenvalue weighted by atomic mass is 9.97. The number of piperidine rings is 1. The van der Waals surface area contributed by atoms with E-state index >= 15 is 0 Å². The summed E-state index contributed by atoms with van der Waals surface area (Å²) in [5.74, 6) is 1.38. The third-order valence-corrected chi connectivity index (χ3v) is 11.0. The molecular weight excluding hydrogens is 674 g/mol. The molecule has 14 nitrogen and oxygen atoms in total. The Morgan fingerprint density at radius 1 is 1.00 bits per heavy atom. The Morgan fingerprint density at radius 3 is 2.43 bits per heavy atom. The van der Waals surface area contributed by atoms with E-state index in [0.717, 1.165) is 12.8 Å². The molecule has 1 aromatic carbocycles. The number of aromatic nitrogens is 2. The molecule has 266 valence electrons. The molecule has 49 heavy (non-hydrogen) atoms. The Morgan fingerprint density at radius 2 is 1.76 bits per heavy atom. The van der Waals surface area contributed by atoms with Crippen molar-refractivity contribution in [2.75, 3.05) is 79.6 Å². The molecule has 0 aliphatic carbocycles. The van der Waals surface area contributed by atoms with Crippen LogP contribution in [0.5, 0.6) is 17.2 Å². The second kappa shape index (κ2) is 15.7. The highest BCUT2D eigenvalue weighted by Gasteiger charge is 2.31. The minimum absolute atomic E-state index is 0.0472. The molecule has 2 aliphatic heterocycles. The Balaban J connectivity index is 1.57. The number of methoxy groups -OCH3 is 3. The van der Waals surface area contributed by atoms with Gasteiger partial charge in [-0.2, -0.15) is 17.0 Å². The number of amides is 2. The van der Waals surface area contributed by atoms with Crippen molar-refractivity contribution in [3.05, 3.63) is 46.7 Å². The summed E-state index contributed by atoms with van der Waals surface area (Å²) in [7, 11) is 3.74. The molecule has 2 aromatic heterocycles. The van der Waals surface area contributed by atoms with Crippen LogP contribution in [0.15, 0.2) is 30.5 Å². The molecule has 0 spiro atoms. The maximum atomic E-state index is 13.8. The molecule has 16 heteroatoms. The van der Waals surface area contributed by atoms with Gasteiger partial charge in [0.1, 0.15) is 11.5 Å². The highest BCUT2D eigenvalue weighted by Crippen LogP contribution is 2.44. The first-order chi connectivity index (χ1) is 23.5. The monoisotopic (exact) mass is 717 g/mol. The minimum atomic E-state index is -3.88. The van der Waals surface area contributed by atoms with Gasteiger partial charge in [-0.05, 0) is 49.8 Å². The zero-order valence-corrected chi connectivity index (χ0v) is 30.1. The van der Waals surface area contributed by atoms with Gasteiger partial charge in [0.2, 0.25) is 11.7 Å². The zero-order valence-electron chi connectivity index (χ0n) is 28.6. The van der Waals surface area contributed by atoms with Crippen molar-refractivity contribution in [1.82, 2.24) is 28.8 Å². The van der Waals surface area contributed by atoms with E-state index in [4.69, 9.17) is 30.8 Å². The van der Waals surface area contributed by atoms with Crippen LogP contribution < -0.4 is 24.4 Å². The van der Waals surface area contributed by atoms with Gasteiger partial charge in [0.05, 0.1) is 38.4 Å². The summed E-state index contributed by atoms with van der Waals surface area (Å²) < 4.78 is 47.2. The van der Waals surface area contributed by atoms with Crippen LogP contribution in [0.4, 0.5) is 5.82 Å². The zero-order chi connectivity index (χ0) is 35.3. The van der Waals surface area contributed by atoms with E-state index in [0.29, 0.717) is 77.0 Å². The number of rotatable bonds is 6. The van der Waals surface area contributed by atoms with Crippen molar-refractivity contribution >= 4 is 50.3 Å². The molecular formula is C33H44ClN7O7S. The Kier molecular flexibility index (Phi) is 11.7. The molecule has 3 aromatic rings. The van der Waals surface area contributed by atoms with Crippen molar-refractivity contribution in [1.29, 1.82) is 0 Å². The third kappa shape index (κ3) is 8.11. The number of pyridine rings is 2. The van der Waals surface area contributed by atoms with Crippen LogP contribution >= 0.6 is 11.6 Å². The van der Waals surface area contributed by atoms with Gasteiger partial charge in [0.15, 0.2) is 11.5 Å². The van der Waals surface area contributed by atoms with Crippen molar-refractivity contribution in [2.24, 2.45) is 5.92 Å². The van der Waals surface area contributed by atoms with E-state index in [1.807, 2.05) is 6.07 Å². The fourth-order valence-corrected chi connectivity index (χ4v) is 7.56. The van der Waals surface area contributed by atoms with Crippen molar-refractivity contribution < 1.29 is 32.2 Å². The molecule has 5 rings (SSSR count). The van der Waals surface area contributed by atoms with Gasteiger partial charge < -0.3 is 29.3 Å². The van der Waals surface area contributed by atoms with Crippen LogP contribution in [0.25, 0.3) is 10.9 Å². The fraction of sp³-hybridized carbons (Fsp3) is 0.515. The number of hydrogen-bond acceptors (Lipinski definition) is 10. The first kappa shape index (κ1) is 36.4. The van der Waals surface area contributed by atoms with Gasteiger partial charge >= 0.3 is 0 Å². The number of halogens is 1. The van der Waals surface area contributed by atoms with Crippen molar-refractivity contribution in [3.63, 3.8) is 0 Å². The minimum Gasteiger partial charge on any atom is -0.493 e. The predicted molar refractivity (Wildman–Crippen MR) is 187 cm³/mol. The fourth-order valence-electron chi connectivity index (χ4n) is 6.33. The Hall–Kier alpha value is -3.92. The van der Waals surface area contributed by atoms with Crippen LogP contribution in [0, 0.1) is 5.92 Å². The van der Waals surface area contributed by atoms with Crippen LogP contribution in [0.3, 0.4) is 0 Å². The number of anilines is 1. The predicted octanol–water partition coefficient (Wildman–Crippen LogP) is 3.19. The second-order valence-corrected chi connectivity index (χ2v) is 14.9. The molecule has 4 heterocycles. The molecule has 1 saturated heterocycles. The van der Waals surface area contributed by atoms with E-state index in [1.54, 1.807) is 19.2 Å². The topological polar surface area (TPSA) is 147 Å². The lowest BCUT2D eigenvalue weighted by Gasteiger charge is -2.36. The van der Waals surface area contributed by atoms with Gasteiger partial charge in [0.25, 0.3) is 16.1 Å². The number of hydrogen-bond donors (Lipinski definition) is 1. The van der Waals surface area contributed by atoms with Crippen LogP contribution in [0.2, 0.25) is 5.02 Å². The molecule has 1 unspecified atom stereocenters. The lowest BCUT2D eigenvalue weighted by molar-refractivity contribution is -0.122.